The van der Waals surface area contributed by atoms with Crippen molar-refractivity contribution in [2.24, 2.45) is 5.73 Å². The van der Waals surface area contributed by atoms with Crippen molar-refractivity contribution < 1.29 is 17.9 Å². The van der Waals surface area contributed by atoms with Gasteiger partial charge in [0.1, 0.15) is 5.75 Å². The van der Waals surface area contributed by atoms with Crippen molar-refractivity contribution in [3.05, 3.63) is 58.6 Å². The molecule has 1 unspecified atom stereocenters. The van der Waals surface area contributed by atoms with Gasteiger partial charge in [-0.15, -0.1) is 11.8 Å². The summed E-state index contributed by atoms with van der Waals surface area (Å²) in [5, 5.41) is 0.172. The Hall–Kier alpha value is -1.74. The molecule has 0 aromatic heterocycles. The van der Waals surface area contributed by atoms with Gasteiger partial charge in [-0.05, 0) is 35.9 Å². The summed E-state index contributed by atoms with van der Waals surface area (Å²) in [6, 6.07) is 11.2. The largest absolute Gasteiger partial charge is 0.496 e. The van der Waals surface area contributed by atoms with Crippen LogP contribution < -0.4 is 10.5 Å². The number of benzene rings is 2. The molecule has 0 spiro atoms. The van der Waals surface area contributed by atoms with Gasteiger partial charge < -0.3 is 10.5 Å². The molecule has 1 atom stereocenters. The number of carbonyl (C=O) groups excluding carboxylic acids is 1. The fourth-order valence-corrected chi connectivity index (χ4v) is 6.26. The third-order valence-corrected chi connectivity index (χ3v) is 7.52. The summed E-state index contributed by atoms with van der Waals surface area (Å²) < 4.78 is 32.8. The molecule has 1 fully saturated rings. The van der Waals surface area contributed by atoms with E-state index in [-0.39, 0.29) is 21.6 Å². The summed E-state index contributed by atoms with van der Waals surface area (Å²) in [6.07, 6.45) is 0. The number of sulfonamides is 1. The summed E-state index contributed by atoms with van der Waals surface area (Å²) in [5.74, 6) is 0.148. The molecule has 0 bridgehead atoms. The monoisotopic (exact) mass is 412 g/mol. The summed E-state index contributed by atoms with van der Waals surface area (Å²) in [7, 11) is -2.43. The number of methoxy groups -OCH3 is 1. The highest BCUT2D eigenvalue weighted by Gasteiger charge is 2.37. The van der Waals surface area contributed by atoms with Crippen LogP contribution >= 0.6 is 23.4 Å². The number of primary amides is 1. The van der Waals surface area contributed by atoms with Crippen LogP contribution in [0, 0.1) is 0 Å². The lowest BCUT2D eigenvalue weighted by Crippen LogP contribution is -2.30. The second-order valence-corrected chi connectivity index (χ2v) is 9.14. The summed E-state index contributed by atoms with van der Waals surface area (Å²) in [4.78, 5) is 11.6. The Bertz CT molecular complexity index is 950. The predicted octanol–water partition coefficient (Wildman–Crippen LogP) is 2.88. The van der Waals surface area contributed by atoms with Gasteiger partial charge in [-0.25, -0.2) is 8.42 Å². The van der Waals surface area contributed by atoms with E-state index in [9.17, 15) is 13.2 Å². The molecule has 1 aliphatic rings. The van der Waals surface area contributed by atoms with Gasteiger partial charge in [0.2, 0.25) is 10.0 Å². The molecule has 3 rings (SSSR count). The molecule has 1 saturated heterocycles. The van der Waals surface area contributed by atoms with Crippen molar-refractivity contribution >= 4 is 39.3 Å². The summed E-state index contributed by atoms with van der Waals surface area (Å²) in [5.41, 5.74) is 6.18. The third-order valence-electron chi connectivity index (χ3n) is 4.03. The highest BCUT2D eigenvalue weighted by Crippen LogP contribution is 2.42. The second-order valence-electron chi connectivity index (χ2n) is 5.62. The Morgan fingerprint density at radius 1 is 1.31 bits per heavy atom. The number of hydrogen-bond acceptors (Lipinski definition) is 5. The Labute approximate surface area is 161 Å². The smallest absolute Gasteiger partial charge is 0.252 e. The van der Waals surface area contributed by atoms with Crippen LogP contribution in [-0.2, 0) is 10.0 Å². The molecule has 2 N–H and O–H groups in total. The Morgan fingerprint density at radius 2 is 2.08 bits per heavy atom. The molecule has 2 aromatic carbocycles. The van der Waals surface area contributed by atoms with Crippen LogP contribution in [-0.4, -0.2) is 38.0 Å². The van der Waals surface area contributed by atoms with E-state index in [4.69, 9.17) is 22.1 Å². The first-order chi connectivity index (χ1) is 12.3. The van der Waals surface area contributed by atoms with Gasteiger partial charge in [-0.2, -0.15) is 4.31 Å². The SMILES string of the molecule is COc1ccc(S(=O)(=O)N2CCSC2c2cccc(Cl)c2)cc1C(N)=O. The minimum Gasteiger partial charge on any atom is -0.496 e. The van der Waals surface area contributed by atoms with Crippen molar-refractivity contribution in [1.82, 2.24) is 4.31 Å². The predicted molar refractivity (Wildman–Crippen MR) is 102 cm³/mol. The molecule has 1 amide bonds. The van der Waals surface area contributed by atoms with Crippen molar-refractivity contribution in [3.63, 3.8) is 0 Å². The molecule has 138 valence electrons. The summed E-state index contributed by atoms with van der Waals surface area (Å²) in [6.45, 7) is 0.363. The third kappa shape index (κ3) is 3.55. The average Bonchev–Trinajstić information content (AvgIpc) is 3.11. The normalized spacial score (nSPS) is 18.0. The topological polar surface area (TPSA) is 89.7 Å². The molecule has 0 radical (unpaired) electrons. The van der Waals surface area contributed by atoms with Gasteiger partial charge in [0.05, 0.1) is 22.9 Å². The van der Waals surface area contributed by atoms with E-state index in [0.29, 0.717) is 17.3 Å². The molecular weight excluding hydrogens is 396 g/mol. The van der Waals surface area contributed by atoms with E-state index in [1.54, 1.807) is 18.2 Å². The van der Waals surface area contributed by atoms with Crippen molar-refractivity contribution in [3.8, 4) is 5.75 Å². The Morgan fingerprint density at radius 3 is 2.73 bits per heavy atom. The van der Waals surface area contributed by atoms with E-state index in [2.05, 4.69) is 0 Å². The first-order valence-electron chi connectivity index (χ1n) is 7.71. The molecule has 6 nitrogen and oxygen atoms in total. The van der Waals surface area contributed by atoms with Crippen LogP contribution in [0.1, 0.15) is 21.3 Å². The van der Waals surface area contributed by atoms with Gasteiger partial charge in [-0.1, -0.05) is 23.7 Å². The van der Waals surface area contributed by atoms with Crippen LogP contribution in [0.4, 0.5) is 0 Å². The van der Waals surface area contributed by atoms with Gasteiger partial charge in [0.25, 0.3) is 5.91 Å². The van der Waals surface area contributed by atoms with Gasteiger partial charge in [0, 0.05) is 17.3 Å². The first kappa shape index (κ1) is 19.0. The minimum absolute atomic E-state index is 0.00151. The van der Waals surface area contributed by atoms with Crippen molar-refractivity contribution in [1.29, 1.82) is 0 Å². The van der Waals surface area contributed by atoms with Gasteiger partial charge in [0.15, 0.2) is 0 Å². The highest BCUT2D eigenvalue weighted by molar-refractivity contribution is 8.01. The van der Waals surface area contributed by atoms with E-state index in [1.807, 2.05) is 6.07 Å². The molecule has 1 aliphatic heterocycles. The maximum atomic E-state index is 13.2. The highest BCUT2D eigenvalue weighted by atomic mass is 35.5. The molecule has 9 heteroatoms. The second kappa shape index (κ2) is 7.48. The van der Waals surface area contributed by atoms with Crippen molar-refractivity contribution in [2.45, 2.75) is 10.3 Å². The Balaban J connectivity index is 2.02. The fourth-order valence-electron chi connectivity index (χ4n) is 2.80. The van der Waals surface area contributed by atoms with E-state index in [1.165, 1.54) is 41.4 Å². The quantitative estimate of drug-likeness (QED) is 0.815. The number of nitrogens with two attached hydrogens (primary N) is 1. The molecule has 2 aromatic rings. The van der Waals surface area contributed by atoms with Crippen LogP contribution in [0.25, 0.3) is 0 Å². The van der Waals surface area contributed by atoms with Crippen LogP contribution in [0.3, 0.4) is 0 Å². The molecule has 0 aliphatic carbocycles. The molecular formula is C17H17ClN2O4S2. The van der Waals surface area contributed by atoms with Crippen LogP contribution in [0.15, 0.2) is 47.4 Å². The number of carbonyl (C=O) groups is 1. The maximum absolute atomic E-state index is 13.2. The molecule has 0 saturated carbocycles. The van der Waals surface area contributed by atoms with E-state index < -0.39 is 15.9 Å². The Kier molecular flexibility index (Phi) is 5.47. The number of thioether (sulfide) groups is 1. The molecule has 1 heterocycles. The standard InChI is InChI=1S/C17H17ClN2O4S2/c1-24-15-6-5-13(10-14(15)16(19)21)26(22,23)20-7-8-25-17(20)11-3-2-4-12(18)9-11/h2-6,9-10,17H,7-8H2,1H3,(H2,19,21). The summed E-state index contributed by atoms with van der Waals surface area (Å²) >= 11 is 7.57. The number of nitrogens with zero attached hydrogens (tertiary/aromatic N) is 1. The lowest BCUT2D eigenvalue weighted by Gasteiger charge is -2.24. The van der Waals surface area contributed by atoms with E-state index in [0.717, 1.165) is 5.56 Å². The number of ether oxygens (including phenoxy) is 1. The lowest BCUT2D eigenvalue weighted by molar-refractivity contribution is 0.0997. The molecule has 26 heavy (non-hydrogen) atoms. The maximum Gasteiger partial charge on any atom is 0.252 e. The van der Waals surface area contributed by atoms with E-state index >= 15 is 0 Å². The lowest BCUT2D eigenvalue weighted by atomic mass is 10.2. The number of hydrogen-bond donors (Lipinski definition) is 1. The van der Waals surface area contributed by atoms with Crippen LogP contribution in [0.2, 0.25) is 5.02 Å². The average molecular weight is 413 g/mol. The van der Waals surface area contributed by atoms with Crippen LogP contribution in [0.5, 0.6) is 5.75 Å². The number of halogens is 1. The van der Waals surface area contributed by atoms with Gasteiger partial charge in [-0.3, -0.25) is 4.79 Å². The number of amides is 1. The number of rotatable bonds is 5. The fraction of sp³-hybridized carbons (Fsp3) is 0.235. The minimum atomic E-state index is -3.82. The zero-order chi connectivity index (χ0) is 18.9. The first-order valence-corrected chi connectivity index (χ1v) is 10.6. The van der Waals surface area contributed by atoms with Gasteiger partial charge >= 0.3 is 0 Å². The van der Waals surface area contributed by atoms with Crippen molar-refractivity contribution in [2.75, 3.05) is 19.4 Å². The zero-order valence-corrected chi connectivity index (χ0v) is 16.3. The zero-order valence-electron chi connectivity index (χ0n) is 13.9.